The molecule has 0 saturated heterocycles. The summed E-state index contributed by atoms with van der Waals surface area (Å²) in [6, 6.07) is 18.4. The molecule has 1 aliphatic heterocycles. The Morgan fingerprint density at radius 1 is 1.00 bits per heavy atom. The SMILES string of the molecule is COC(=O)C12C(=O)Oc3ccc4ccccc4c3C1C2(C)C(=O)c1ccc(C)cc1. The van der Waals surface area contributed by atoms with Crippen LogP contribution >= 0.6 is 0 Å². The second-order valence-corrected chi connectivity index (χ2v) is 8.22. The lowest BCUT2D eigenvalue weighted by Crippen LogP contribution is -2.39. The zero-order valence-corrected chi connectivity index (χ0v) is 16.9. The summed E-state index contributed by atoms with van der Waals surface area (Å²) in [6.07, 6.45) is 0. The van der Waals surface area contributed by atoms with Crippen LogP contribution in [0.25, 0.3) is 10.8 Å². The second-order valence-electron chi connectivity index (χ2n) is 8.22. The summed E-state index contributed by atoms with van der Waals surface area (Å²) in [5.41, 5.74) is -0.817. The fourth-order valence-corrected chi connectivity index (χ4v) is 5.19. The van der Waals surface area contributed by atoms with E-state index in [1.807, 2.05) is 49.4 Å². The molecule has 1 fully saturated rings. The van der Waals surface area contributed by atoms with Crippen LogP contribution in [0.15, 0.2) is 60.7 Å². The van der Waals surface area contributed by atoms with Crippen molar-refractivity contribution in [3.63, 3.8) is 0 Å². The van der Waals surface area contributed by atoms with Gasteiger partial charge in [-0.05, 0) is 30.7 Å². The number of carbonyl (C=O) groups is 3. The normalized spacial score (nSPS) is 26.4. The van der Waals surface area contributed by atoms with Gasteiger partial charge in [-0.15, -0.1) is 0 Å². The summed E-state index contributed by atoms with van der Waals surface area (Å²) in [5, 5.41) is 1.81. The van der Waals surface area contributed by atoms with Gasteiger partial charge in [-0.1, -0.05) is 60.2 Å². The topological polar surface area (TPSA) is 69.7 Å². The summed E-state index contributed by atoms with van der Waals surface area (Å²) in [4.78, 5) is 39.9. The number of Topliss-reactive ketones (excluding diaryl/α,β-unsaturated/α-hetero) is 1. The van der Waals surface area contributed by atoms with Crippen molar-refractivity contribution in [2.24, 2.45) is 10.8 Å². The molecule has 1 saturated carbocycles. The number of ketones is 1. The molecule has 2 aliphatic rings. The van der Waals surface area contributed by atoms with Crippen LogP contribution in [0, 0.1) is 17.8 Å². The smallest absolute Gasteiger partial charge is 0.330 e. The Balaban J connectivity index is 1.78. The predicted molar refractivity (Wildman–Crippen MR) is 110 cm³/mol. The fraction of sp³-hybridized carbons (Fsp3) is 0.240. The van der Waals surface area contributed by atoms with Crippen LogP contribution in [-0.4, -0.2) is 24.8 Å². The third-order valence-electron chi connectivity index (χ3n) is 6.78. The van der Waals surface area contributed by atoms with Crippen LogP contribution in [0.4, 0.5) is 0 Å². The molecule has 0 amide bonds. The van der Waals surface area contributed by atoms with E-state index in [1.165, 1.54) is 7.11 Å². The molecule has 0 radical (unpaired) electrons. The van der Waals surface area contributed by atoms with E-state index in [9.17, 15) is 14.4 Å². The standard InChI is InChI=1S/C25H20O5/c1-14-8-10-16(11-9-14)21(26)24(2)20-19-17-7-5-4-6-15(17)12-13-18(19)30-23(28)25(20,24)22(27)29-3/h4-13,20H,1-3H3. The number of esters is 2. The Bertz CT molecular complexity index is 1240. The van der Waals surface area contributed by atoms with E-state index in [2.05, 4.69) is 0 Å². The maximum absolute atomic E-state index is 13.7. The van der Waals surface area contributed by atoms with Crippen molar-refractivity contribution in [1.82, 2.24) is 0 Å². The first-order chi connectivity index (χ1) is 14.4. The number of fused-ring (bicyclic) bond motifs is 5. The molecule has 150 valence electrons. The highest BCUT2D eigenvalue weighted by atomic mass is 16.6. The van der Waals surface area contributed by atoms with Crippen molar-refractivity contribution in [2.45, 2.75) is 19.8 Å². The number of benzene rings is 3. The minimum Gasteiger partial charge on any atom is -0.468 e. The van der Waals surface area contributed by atoms with Gasteiger partial charge in [0, 0.05) is 17.0 Å². The van der Waals surface area contributed by atoms with E-state index in [4.69, 9.17) is 9.47 Å². The lowest BCUT2D eigenvalue weighted by molar-refractivity contribution is -0.160. The Kier molecular flexibility index (Phi) is 3.72. The fourth-order valence-electron chi connectivity index (χ4n) is 5.19. The third-order valence-corrected chi connectivity index (χ3v) is 6.78. The number of hydrogen-bond acceptors (Lipinski definition) is 5. The van der Waals surface area contributed by atoms with Gasteiger partial charge in [-0.3, -0.25) is 14.4 Å². The van der Waals surface area contributed by atoms with Crippen LogP contribution in [0.1, 0.15) is 34.3 Å². The minimum atomic E-state index is -1.69. The molecule has 5 nitrogen and oxygen atoms in total. The van der Waals surface area contributed by atoms with Crippen LogP contribution in [0.3, 0.4) is 0 Å². The van der Waals surface area contributed by atoms with Gasteiger partial charge in [-0.2, -0.15) is 0 Å². The van der Waals surface area contributed by atoms with Crippen LogP contribution in [-0.2, 0) is 14.3 Å². The summed E-state index contributed by atoms with van der Waals surface area (Å²) < 4.78 is 10.7. The molecule has 5 heteroatoms. The van der Waals surface area contributed by atoms with Crippen molar-refractivity contribution in [3.05, 3.63) is 77.4 Å². The lowest BCUT2D eigenvalue weighted by Gasteiger charge is -2.22. The van der Waals surface area contributed by atoms with Gasteiger partial charge >= 0.3 is 11.9 Å². The summed E-state index contributed by atoms with van der Waals surface area (Å²) in [5.74, 6) is -2.00. The van der Waals surface area contributed by atoms with Gasteiger partial charge < -0.3 is 9.47 Å². The first-order valence-corrected chi connectivity index (χ1v) is 9.81. The molecule has 1 heterocycles. The second kappa shape index (κ2) is 6.02. The molecular formula is C25H20O5. The van der Waals surface area contributed by atoms with Crippen LogP contribution in [0.5, 0.6) is 5.75 Å². The molecule has 0 spiro atoms. The average molecular weight is 400 g/mol. The van der Waals surface area contributed by atoms with Gasteiger partial charge in [0.05, 0.1) is 12.5 Å². The zero-order chi connectivity index (χ0) is 21.3. The molecule has 3 atom stereocenters. The van der Waals surface area contributed by atoms with Gasteiger partial charge in [0.1, 0.15) is 5.75 Å². The maximum atomic E-state index is 13.7. The predicted octanol–water partition coefficient (Wildman–Crippen LogP) is 4.21. The van der Waals surface area contributed by atoms with E-state index >= 15 is 0 Å². The largest absolute Gasteiger partial charge is 0.468 e. The van der Waals surface area contributed by atoms with Crippen molar-refractivity contribution in [3.8, 4) is 5.75 Å². The highest BCUT2D eigenvalue weighted by Gasteiger charge is 2.89. The van der Waals surface area contributed by atoms with Gasteiger partial charge in [0.2, 0.25) is 0 Å². The molecule has 0 aromatic heterocycles. The Hall–Kier alpha value is -3.47. The Labute approximate surface area is 173 Å². The van der Waals surface area contributed by atoms with Gasteiger partial charge in [0.15, 0.2) is 11.2 Å². The third kappa shape index (κ3) is 2.04. The Morgan fingerprint density at radius 2 is 1.70 bits per heavy atom. The van der Waals surface area contributed by atoms with Crippen molar-refractivity contribution in [2.75, 3.05) is 7.11 Å². The van der Waals surface area contributed by atoms with E-state index in [0.29, 0.717) is 16.9 Å². The summed E-state index contributed by atoms with van der Waals surface area (Å²) in [7, 11) is 1.23. The van der Waals surface area contributed by atoms with E-state index in [1.54, 1.807) is 25.1 Å². The first kappa shape index (κ1) is 18.6. The summed E-state index contributed by atoms with van der Waals surface area (Å²) in [6.45, 7) is 3.61. The highest BCUT2D eigenvalue weighted by Crippen LogP contribution is 2.79. The lowest BCUT2D eigenvalue weighted by atomic mass is 9.86. The quantitative estimate of drug-likeness (QED) is 0.285. The number of hydrogen-bond donors (Lipinski definition) is 0. The van der Waals surface area contributed by atoms with Crippen molar-refractivity contribution >= 4 is 28.5 Å². The van der Waals surface area contributed by atoms with Crippen molar-refractivity contribution in [1.29, 1.82) is 0 Å². The van der Waals surface area contributed by atoms with Crippen LogP contribution < -0.4 is 4.74 Å². The molecular weight excluding hydrogens is 380 g/mol. The number of rotatable bonds is 3. The number of carbonyl (C=O) groups excluding carboxylic acids is 3. The molecule has 5 rings (SSSR count). The molecule has 0 bridgehead atoms. The van der Waals surface area contributed by atoms with Gasteiger partial charge in [0.25, 0.3) is 0 Å². The Morgan fingerprint density at radius 3 is 2.40 bits per heavy atom. The molecule has 30 heavy (non-hydrogen) atoms. The molecule has 3 unspecified atom stereocenters. The molecule has 3 aromatic carbocycles. The highest BCUT2D eigenvalue weighted by molar-refractivity contribution is 6.21. The van der Waals surface area contributed by atoms with E-state index < -0.39 is 28.7 Å². The van der Waals surface area contributed by atoms with Crippen LogP contribution in [0.2, 0.25) is 0 Å². The number of methoxy groups -OCH3 is 1. The van der Waals surface area contributed by atoms with E-state index in [-0.39, 0.29) is 5.78 Å². The zero-order valence-electron chi connectivity index (χ0n) is 16.9. The molecule has 3 aromatic rings. The number of ether oxygens (including phenoxy) is 2. The average Bonchev–Trinajstić information content (AvgIpc) is 3.35. The minimum absolute atomic E-state index is 0.268. The number of aryl methyl sites for hydroxylation is 1. The summed E-state index contributed by atoms with van der Waals surface area (Å²) >= 11 is 0. The van der Waals surface area contributed by atoms with E-state index in [0.717, 1.165) is 16.3 Å². The van der Waals surface area contributed by atoms with Gasteiger partial charge in [-0.25, -0.2) is 0 Å². The maximum Gasteiger partial charge on any atom is 0.330 e. The monoisotopic (exact) mass is 400 g/mol. The molecule has 0 N–H and O–H groups in total. The first-order valence-electron chi connectivity index (χ1n) is 9.81. The molecule has 1 aliphatic carbocycles. The van der Waals surface area contributed by atoms with Crippen molar-refractivity contribution < 1.29 is 23.9 Å².